The van der Waals surface area contributed by atoms with Crippen LogP contribution in [-0.4, -0.2) is 75.2 Å². The highest BCUT2D eigenvalue weighted by atomic mass is 16.5. The van der Waals surface area contributed by atoms with Crippen molar-refractivity contribution in [2.24, 2.45) is 16.8 Å². The lowest BCUT2D eigenvalue weighted by Gasteiger charge is -2.33. The maximum atomic E-state index is 5.79. The first-order valence-corrected chi connectivity index (χ1v) is 11.6. The van der Waals surface area contributed by atoms with Gasteiger partial charge in [-0.25, -0.2) is 0 Å². The Morgan fingerprint density at radius 3 is 2.33 bits per heavy atom. The van der Waals surface area contributed by atoms with E-state index in [-0.39, 0.29) is 6.04 Å². The molecule has 1 aromatic carbocycles. The number of nitrogens with one attached hydrogen (secondary N) is 2. The summed E-state index contributed by atoms with van der Waals surface area (Å²) in [4.78, 5) is 9.82. The molecule has 0 spiro atoms. The van der Waals surface area contributed by atoms with Crippen LogP contribution in [-0.2, 0) is 0 Å². The van der Waals surface area contributed by atoms with Gasteiger partial charge in [0.05, 0.1) is 12.6 Å². The molecule has 1 fully saturated rings. The fourth-order valence-electron chi connectivity index (χ4n) is 3.50. The van der Waals surface area contributed by atoms with Gasteiger partial charge in [0.2, 0.25) is 0 Å². The van der Waals surface area contributed by atoms with Gasteiger partial charge in [-0.05, 0) is 50.4 Å². The molecule has 2 rings (SSSR count). The lowest BCUT2D eigenvalue weighted by molar-refractivity contribution is 0.140. The zero-order valence-corrected chi connectivity index (χ0v) is 19.9. The molecule has 2 atom stereocenters. The SMILES string of the molecule is CCNC(=NCC(C)CN1CCN(C)CC1)NC(C)c1ccc(OCC(C)C)cc1. The van der Waals surface area contributed by atoms with Gasteiger partial charge in [0.15, 0.2) is 5.96 Å². The van der Waals surface area contributed by atoms with E-state index in [2.05, 4.69) is 86.4 Å². The third-order valence-corrected chi connectivity index (χ3v) is 5.39. The zero-order valence-electron chi connectivity index (χ0n) is 19.9. The van der Waals surface area contributed by atoms with Crippen LogP contribution in [0.4, 0.5) is 0 Å². The lowest BCUT2D eigenvalue weighted by atomic mass is 10.1. The van der Waals surface area contributed by atoms with Gasteiger partial charge in [-0.15, -0.1) is 0 Å². The number of hydrogen-bond donors (Lipinski definition) is 2. The van der Waals surface area contributed by atoms with Gasteiger partial charge in [0.25, 0.3) is 0 Å². The highest BCUT2D eigenvalue weighted by Gasteiger charge is 2.16. The van der Waals surface area contributed by atoms with E-state index in [0.29, 0.717) is 11.8 Å². The predicted octanol–water partition coefficient (Wildman–Crippen LogP) is 3.22. The van der Waals surface area contributed by atoms with Crippen molar-refractivity contribution in [2.45, 2.75) is 40.7 Å². The molecule has 0 amide bonds. The molecular weight excluding hydrogens is 374 g/mol. The Bertz CT molecular complexity index is 623. The molecule has 2 N–H and O–H groups in total. The van der Waals surface area contributed by atoms with Crippen molar-refractivity contribution in [1.82, 2.24) is 20.4 Å². The summed E-state index contributed by atoms with van der Waals surface area (Å²) in [5, 5.41) is 6.93. The quantitative estimate of drug-likeness (QED) is 0.452. The molecule has 1 aliphatic rings. The van der Waals surface area contributed by atoms with Crippen molar-refractivity contribution in [3.8, 4) is 5.75 Å². The standard InChI is InChI=1S/C24H43N5O/c1-7-25-24(26-16-20(4)17-29-14-12-28(6)13-15-29)27-21(5)22-8-10-23(11-9-22)30-18-19(2)3/h8-11,19-21H,7,12-18H2,1-6H3,(H2,25,26,27). The van der Waals surface area contributed by atoms with Crippen molar-refractivity contribution < 1.29 is 4.74 Å². The first kappa shape index (κ1) is 24.5. The fourth-order valence-corrected chi connectivity index (χ4v) is 3.50. The minimum absolute atomic E-state index is 0.176. The summed E-state index contributed by atoms with van der Waals surface area (Å²) in [6.45, 7) is 19.1. The summed E-state index contributed by atoms with van der Waals surface area (Å²) >= 11 is 0. The molecular formula is C24H43N5O. The van der Waals surface area contributed by atoms with Crippen LogP contribution in [0, 0.1) is 11.8 Å². The van der Waals surface area contributed by atoms with E-state index in [9.17, 15) is 0 Å². The normalized spacial score (nSPS) is 18.3. The maximum absolute atomic E-state index is 5.79. The van der Waals surface area contributed by atoms with E-state index in [1.54, 1.807) is 0 Å². The van der Waals surface area contributed by atoms with Crippen molar-refractivity contribution >= 4 is 5.96 Å². The Morgan fingerprint density at radius 2 is 1.73 bits per heavy atom. The van der Waals surface area contributed by atoms with E-state index >= 15 is 0 Å². The molecule has 0 aromatic heterocycles. The van der Waals surface area contributed by atoms with Crippen LogP contribution in [0.3, 0.4) is 0 Å². The van der Waals surface area contributed by atoms with Crippen LogP contribution >= 0.6 is 0 Å². The number of benzene rings is 1. The van der Waals surface area contributed by atoms with Gasteiger partial charge in [0.1, 0.15) is 5.75 Å². The number of ether oxygens (including phenoxy) is 1. The molecule has 30 heavy (non-hydrogen) atoms. The first-order valence-electron chi connectivity index (χ1n) is 11.6. The summed E-state index contributed by atoms with van der Waals surface area (Å²) in [5.74, 6) is 2.88. The molecule has 170 valence electrons. The molecule has 1 aromatic rings. The molecule has 2 unspecified atom stereocenters. The van der Waals surface area contributed by atoms with Crippen molar-refractivity contribution in [2.75, 3.05) is 59.5 Å². The van der Waals surface area contributed by atoms with E-state index in [4.69, 9.17) is 9.73 Å². The molecule has 6 heteroatoms. The fraction of sp³-hybridized carbons (Fsp3) is 0.708. The second kappa shape index (κ2) is 12.8. The highest BCUT2D eigenvalue weighted by Crippen LogP contribution is 2.18. The van der Waals surface area contributed by atoms with E-state index in [0.717, 1.165) is 51.0 Å². The minimum atomic E-state index is 0.176. The number of likely N-dealkylation sites (N-methyl/N-ethyl adjacent to an activating group) is 1. The Labute approximate surface area is 184 Å². The summed E-state index contributed by atoms with van der Waals surface area (Å²) in [7, 11) is 2.20. The highest BCUT2D eigenvalue weighted by molar-refractivity contribution is 5.80. The van der Waals surface area contributed by atoms with Crippen molar-refractivity contribution in [1.29, 1.82) is 0 Å². The Morgan fingerprint density at radius 1 is 1.07 bits per heavy atom. The molecule has 0 aliphatic carbocycles. The summed E-state index contributed by atoms with van der Waals surface area (Å²) in [5.41, 5.74) is 1.22. The van der Waals surface area contributed by atoms with Crippen LogP contribution in [0.15, 0.2) is 29.3 Å². The van der Waals surface area contributed by atoms with Gasteiger partial charge in [-0.3, -0.25) is 4.99 Å². The van der Waals surface area contributed by atoms with Gasteiger partial charge in [0, 0.05) is 45.8 Å². The van der Waals surface area contributed by atoms with Crippen LogP contribution in [0.2, 0.25) is 0 Å². The molecule has 1 saturated heterocycles. The minimum Gasteiger partial charge on any atom is -0.493 e. The van der Waals surface area contributed by atoms with Crippen LogP contribution in [0.1, 0.15) is 46.2 Å². The number of nitrogens with zero attached hydrogens (tertiary/aromatic N) is 3. The summed E-state index contributed by atoms with van der Waals surface area (Å²) < 4.78 is 5.79. The Balaban J connectivity index is 1.85. The third-order valence-electron chi connectivity index (χ3n) is 5.39. The number of piperazine rings is 1. The van der Waals surface area contributed by atoms with Crippen LogP contribution in [0.25, 0.3) is 0 Å². The number of guanidine groups is 1. The molecule has 0 bridgehead atoms. The summed E-state index contributed by atoms with van der Waals surface area (Å²) in [6.07, 6.45) is 0. The Kier molecular flexibility index (Phi) is 10.4. The third kappa shape index (κ3) is 8.92. The largest absolute Gasteiger partial charge is 0.493 e. The molecule has 1 heterocycles. The molecule has 0 radical (unpaired) electrons. The summed E-state index contributed by atoms with van der Waals surface area (Å²) in [6, 6.07) is 8.55. The maximum Gasteiger partial charge on any atom is 0.191 e. The number of hydrogen-bond acceptors (Lipinski definition) is 4. The van der Waals surface area contributed by atoms with Crippen LogP contribution < -0.4 is 15.4 Å². The average molecular weight is 418 g/mol. The Hall–Kier alpha value is -1.79. The molecule has 0 saturated carbocycles. The number of aliphatic imine (C=N–C) groups is 1. The lowest BCUT2D eigenvalue weighted by Crippen LogP contribution is -2.46. The topological polar surface area (TPSA) is 52.1 Å². The molecule has 1 aliphatic heterocycles. The van der Waals surface area contributed by atoms with E-state index in [1.807, 2.05) is 0 Å². The van der Waals surface area contributed by atoms with E-state index in [1.165, 1.54) is 18.7 Å². The number of rotatable bonds is 10. The van der Waals surface area contributed by atoms with Gasteiger partial charge in [-0.1, -0.05) is 32.9 Å². The van der Waals surface area contributed by atoms with Gasteiger partial charge >= 0.3 is 0 Å². The average Bonchev–Trinajstić information content (AvgIpc) is 2.72. The monoisotopic (exact) mass is 417 g/mol. The van der Waals surface area contributed by atoms with E-state index < -0.39 is 0 Å². The van der Waals surface area contributed by atoms with Crippen molar-refractivity contribution in [3.63, 3.8) is 0 Å². The van der Waals surface area contributed by atoms with Crippen molar-refractivity contribution in [3.05, 3.63) is 29.8 Å². The second-order valence-corrected chi connectivity index (χ2v) is 9.07. The smallest absolute Gasteiger partial charge is 0.191 e. The van der Waals surface area contributed by atoms with Gasteiger partial charge < -0.3 is 25.2 Å². The van der Waals surface area contributed by atoms with Gasteiger partial charge in [-0.2, -0.15) is 0 Å². The zero-order chi connectivity index (χ0) is 21.9. The molecule has 6 nitrogen and oxygen atoms in total. The van der Waals surface area contributed by atoms with Crippen LogP contribution in [0.5, 0.6) is 5.75 Å². The first-order chi connectivity index (χ1) is 14.4. The second-order valence-electron chi connectivity index (χ2n) is 9.07. The predicted molar refractivity (Wildman–Crippen MR) is 127 cm³/mol.